The maximum absolute atomic E-state index is 9.92. The number of carbonyl (C=O) groups is 1. The molecule has 0 amide bonds. The van der Waals surface area contributed by atoms with Gasteiger partial charge in [-0.1, -0.05) is 0 Å². The summed E-state index contributed by atoms with van der Waals surface area (Å²) in [7, 11) is 0. The van der Waals surface area contributed by atoms with E-state index in [0.717, 1.165) is 0 Å². The van der Waals surface area contributed by atoms with Crippen molar-refractivity contribution in [3.05, 3.63) is 12.2 Å². The summed E-state index contributed by atoms with van der Waals surface area (Å²) in [5.74, 6) is 0.510. The smallest absolute Gasteiger partial charge is 0.293 e. The van der Waals surface area contributed by atoms with Crippen LogP contribution in [-0.4, -0.2) is 39.5 Å². The molecule has 0 saturated heterocycles. The molecule has 0 radical (unpaired) electrons. The highest BCUT2D eigenvalue weighted by atomic mass is 16.5. The molecule has 0 bridgehead atoms. The fraction of sp³-hybridized carbons (Fsp3) is 0.500. The molecule has 12 heavy (non-hydrogen) atoms. The van der Waals surface area contributed by atoms with Crippen molar-refractivity contribution in [2.24, 2.45) is 0 Å². The number of nitrogens with zero attached hydrogens (tertiary/aromatic N) is 2. The number of ether oxygens (including phenoxy) is 1. The van der Waals surface area contributed by atoms with Crippen LogP contribution in [0.5, 0.6) is 0 Å². The van der Waals surface area contributed by atoms with Gasteiger partial charge in [-0.2, -0.15) is 5.10 Å². The van der Waals surface area contributed by atoms with Crippen molar-refractivity contribution in [1.29, 1.82) is 0 Å². The Hall–Kier alpha value is -1.43. The second kappa shape index (κ2) is 4.45. The fourth-order valence-electron chi connectivity index (χ4n) is 0.772. The predicted molar refractivity (Wildman–Crippen MR) is 38.1 cm³/mol. The third-order valence-electron chi connectivity index (χ3n) is 1.33. The van der Waals surface area contributed by atoms with Gasteiger partial charge in [0.05, 0.1) is 6.61 Å². The molecule has 0 aliphatic heterocycles. The Bertz CT molecular complexity index is 224. The summed E-state index contributed by atoms with van der Waals surface area (Å²) in [6.07, 6.45) is 1.18. The number of hydrogen-bond donors (Lipinski definition) is 2. The Morgan fingerprint density at radius 3 is 3.17 bits per heavy atom. The van der Waals surface area contributed by atoms with E-state index in [1.165, 1.54) is 6.33 Å². The third kappa shape index (κ3) is 2.31. The first-order chi connectivity index (χ1) is 5.86. The number of aromatic amines is 1. The molecule has 0 aliphatic carbocycles. The molecule has 6 nitrogen and oxygen atoms in total. The Morgan fingerprint density at radius 2 is 2.67 bits per heavy atom. The Kier molecular flexibility index (Phi) is 3.21. The van der Waals surface area contributed by atoms with Crippen LogP contribution in [0.2, 0.25) is 0 Å². The minimum atomic E-state index is -0.557. The zero-order valence-corrected chi connectivity index (χ0v) is 6.30. The Morgan fingerprint density at radius 1 is 1.83 bits per heavy atom. The van der Waals surface area contributed by atoms with Crippen LogP contribution in [0.4, 0.5) is 0 Å². The number of carbonyl (C=O) groups excluding carboxylic acids is 1. The van der Waals surface area contributed by atoms with Crippen LogP contribution in [0.15, 0.2) is 6.33 Å². The largest absolute Gasteiger partial charge is 0.462 e. The van der Waals surface area contributed by atoms with E-state index < -0.39 is 6.10 Å². The van der Waals surface area contributed by atoms with E-state index >= 15 is 0 Å². The summed E-state index contributed by atoms with van der Waals surface area (Å²) < 4.78 is 4.54. The molecule has 6 heteroatoms. The molecule has 0 spiro atoms. The molecule has 1 rings (SSSR count). The van der Waals surface area contributed by atoms with E-state index in [9.17, 15) is 4.79 Å². The molecule has 2 N–H and O–H groups in total. The number of aromatic nitrogens is 3. The lowest BCUT2D eigenvalue weighted by molar-refractivity contribution is -0.135. The van der Waals surface area contributed by atoms with Crippen molar-refractivity contribution < 1.29 is 14.6 Å². The first-order valence-electron chi connectivity index (χ1n) is 3.41. The zero-order chi connectivity index (χ0) is 8.81. The van der Waals surface area contributed by atoms with Crippen molar-refractivity contribution >= 4 is 6.47 Å². The molecule has 0 fully saturated rings. The van der Waals surface area contributed by atoms with Crippen LogP contribution < -0.4 is 0 Å². The van der Waals surface area contributed by atoms with Crippen molar-refractivity contribution in [3.63, 3.8) is 0 Å². The van der Waals surface area contributed by atoms with Gasteiger partial charge in [0.25, 0.3) is 6.47 Å². The second-order valence-electron chi connectivity index (χ2n) is 2.16. The molecule has 1 atom stereocenters. The maximum Gasteiger partial charge on any atom is 0.293 e. The first-order valence-corrected chi connectivity index (χ1v) is 3.41. The van der Waals surface area contributed by atoms with Gasteiger partial charge in [0.15, 0.2) is 5.82 Å². The quantitative estimate of drug-likeness (QED) is 0.548. The average Bonchev–Trinajstić information content (AvgIpc) is 2.56. The predicted octanol–water partition coefficient (Wildman–Crippen LogP) is -1.12. The van der Waals surface area contributed by atoms with Crippen molar-refractivity contribution in [1.82, 2.24) is 15.2 Å². The summed E-state index contributed by atoms with van der Waals surface area (Å²) in [5, 5.41) is 15.0. The van der Waals surface area contributed by atoms with Gasteiger partial charge in [0.2, 0.25) is 0 Å². The highest BCUT2D eigenvalue weighted by molar-refractivity contribution is 5.37. The molecule has 66 valence electrons. The van der Waals surface area contributed by atoms with E-state index in [1.54, 1.807) is 0 Å². The lowest BCUT2D eigenvalue weighted by Crippen LogP contribution is -2.20. The molecule has 1 unspecified atom stereocenters. The van der Waals surface area contributed by atoms with Gasteiger partial charge in [-0.3, -0.25) is 9.89 Å². The zero-order valence-electron chi connectivity index (χ0n) is 6.30. The van der Waals surface area contributed by atoms with Crippen LogP contribution in [-0.2, 0) is 16.0 Å². The molecule has 0 aliphatic rings. The number of nitrogens with one attached hydrogen (secondary N) is 1. The van der Waals surface area contributed by atoms with Crippen LogP contribution in [0.25, 0.3) is 0 Å². The molecular weight excluding hydrogens is 162 g/mol. The van der Waals surface area contributed by atoms with Crippen LogP contribution in [0.3, 0.4) is 0 Å². The van der Waals surface area contributed by atoms with Crippen molar-refractivity contribution in [3.8, 4) is 0 Å². The number of hydrogen-bond acceptors (Lipinski definition) is 5. The van der Waals surface area contributed by atoms with Crippen LogP contribution in [0.1, 0.15) is 5.82 Å². The lowest BCUT2D eigenvalue weighted by atomic mass is 10.2. The van der Waals surface area contributed by atoms with E-state index in [-0.39, 0.29) is 6.61 Å². The SMILES string of the molecule is O=COC(CO)Cc1nc[nH]n1. The van der Waals surface area contributed by atoms with Gasteiger partial charge in [0, 0.05) is 6.42 Å². The fourth-order valence-corrected chi connectivity index (χ4v) is 0.772. The van der Waals surface area contributed by atoms with Gasteiger partial charge in [-0.25, -0.2) is 4.98 Å². The van der Waals surface area contributed by atoms with Gasteiger partial charge >= 0.3 is 0 Å². The highest BCUT2D eigenvalue weighted by Crippen LogP contribution is 1.97. The number of aliphatic hydroxyl groups is 1. The minimum absolute atomic E-state index is 0.229. The first kappa shape index (κ1) is 8.66. The molecule has 1 aromatic heterocycles. The van der Waals surface area contributed by atoms with Gasteiger partial charge in [-0.05, 0) is 0 Å². The normalized spacial score (nSPS) is 12.4. The summed E-state index contributed by atoms with van der Waals surface area (Å²) in [6.45, 7) is 0.0703. The van der Waals surface area contributed by atoms with E-state index in [1.807, 2.05) is 0 Å². The third-order valence-corrected chi connectivity index (χ3v) is 1.33. The Balaban J connectivity index is 2.42. The van der Waals surface area contributed by atoms with E-state index in [0.29, 0.717) is 18.7 Å². The minimum Gasteiger partial charge on any atom is -0.462 e. The Labute approximate surface area is 68.6 Å². The average molecular weight is 171 g/mol. The maximum atomic E-state index is 9.92. The molecule has 1 heterocycles. The van der Waals surface area contributed by atoms with Crippen LogP contribution in [0, 0.1) is 0 Å². The highest BCUT2D eigenvalue weighted by Gasteiger charge is 2.10. The summed E-state index contributed by atoms with van der Waals surface area (Å²) in [4.78, 5) is 13.7. The van der Waals surface area contributed by atoms with Gasteiger partial charge < -0.3 is 9.84 Å². The molecule has 0 aromatic carbocycles. The summed E-state index contributed by atoms with van der Waals surface area (Å²) in [5.41, 5.74) is 0. The number of rotatable bonds is 5. The second-order valence-corrected chi connectivity index (χ2v) is 2.16. The molecule has 1 aromatic rings. The topological polar surface area (TPSA) is 88.1 Å². The lowest BCUT2D eigenvalue weighted by Gasteiger charge is -2.08. The van der Waals surface area contributed by atoms with Gasteiger partial charge in [-0.15, -0.1) is 0 Å². The van der Waals surface area contributed by atoms with Crippen molar-refractivity contribution in [2.75, 3.05) is 6.61 Å². The van der Waals surface area contributed by atoms with Gasteiger partial charge in [0.1, 0.15) is 12.4 Å². The van der Waals surface area contributed by atoms with Crippen molar-refractivity contribution in [2.45, 2.75) is 12.5 Å². The van der Waals surface area contributed by atoms with E-state index in [4.69, 9.17) is 5.11 Å². The summed E-state index contributed by atoms with van der Waals surface area (Å²) in [6, 6.07) is 0. The standard InChI is InChI=1S/C6H9N3O3/c10-2-5(12-4-11)1-6-7-3-8-9-6/h3-5,10H,1-2H2,(H,7,8,9). The monoisotopic (exact) mass is 171 g/mol. The van der Waals surface area contributed by atoms with Crippen LogP contribution >= 0.6 is 0 Å². The molecule has 0 saturated carbocycles. The summed E-state index contributed by atoms with van der Waals surface area (Å²) >= 11 is 0. The van der Waals surface area contributed by atoms with E-state index in [2.05, 4.69) is 19.9 Å². The molecular formula is C6H9N3O3. The number of H-pyrrole nitrogens is 1. The number of aliphatic hydroxyl groups excluding tert-OH is 1.